The second kappa shape index (κ2) is 8.81. The Balaban J connectivity index is 2.84. The van der Waals surface area contributed by atoms with Gasteiger partial charge in [0.1, 0.15) is 5.76 Å². The van der Waals surface area contributed by atoms with Gasteiger partial charge in [0.05, 0.1) is 6.61 Å². The van der Waals surface area contributed by atoms with Crippen molar-refractivity contribution in [2.45, 2.75) is 13.3 Å². The zero-order valence-corrected chi connectivity index (χ0v) is 11.3. The van der Waals surface area contributed by atoms with E-state index in [9.17, 15) is 0 Å². The molecular formula is C17H20O2. The number of para-hydroxylation sites is 2. The molecule has 2 nitrogen and oxygen atoms in total. The molecule has 0 aromatic heterocycles. The quantitative estimate of drug-likeness (QED) is 0.497. The first-order valence-electron chi connectivity index (χ1n) is 6.33. The lowest BCUT2D eigenvalue weighted by Gasteiger charge is -2.12. The average molecular weight is 256 g/mol. The summed E-state index contributed by atoms with van der Waals surface area (Å²) in [5.74, 6) is 2.09. The van der Waals surface area contributed by atoms with Crippen LogP contribution in [0.5, 0.6) is 11.5 Å². The Morgan fingerprint density at radius 2 is 1.89 bits per heavy atom. The van der Waals surface area contributed by atoms with Gasteiger partial charge in [-0.25, -0.2) is 0 Å². The van der Waals surface area contributed by atoms with Crippen molar-refractivity contribution in [3.8, 4) is 11.5 Å². The Morgan fingerprint density at radius 1 is 1.16 bits per heavy atom. The van der Waals surface area contributed by atoms with E-state index in [1.165, 1.54) is 0 Å². The molecule has 2 heteroatoms. The van der Waals surface area contributed by atoms with Crippen molar-refractivity contribution in [3.63, 3.8) is 0 Å². The summed E-state index contributed by atoms with van der Waals surface area (Å²) in [5.41, 5.74) is 0. The van der Waals surface area contributed by atoms with E-state index in [1.54, 1.807) is 12.2 Å². The Kier molecular flexibility index (Phi) is 6.88. The Labute approximate surface area is 115 Å². The highest BCUT2D eigenvalue weighted by Gasteiger charge is 2.04. The lowest BCUT2D eigenvalue weighted by atomic mass is 10.3. The molecule has 0 N–H and O–H groups in total. The molecule has 1 aromatic rings. The number of ether oxygens (including phenoxy) is 2. The van der Waals surface area contributed by atoms with Crippen molar-refractivity contribution in [1.82, 2.24) is 0 Å². The molecule has 0 radical (unpaired) electrons. The maximum absolute atomic E-state index is 5.77. The molecule has 100 valence electrons. The molecule has 0 spiro atoms. The van der Waals surface area contributed by atoms with E-state index in [0.717, 1.165) is 12.2 Å². The van der Waals surface area contributed by atoms with Gasteiger partial charge >= 0.3 is 0 Å². The van der Waals surface area contributed by atoms with Gasteiger partial charge in [0.25, 0.3) is 0 Å². The lowest BCUT2D eigenvalue weighted by molar-refractivity contribution is 0.298. The molecule has 0 aliphatic carbocycles. The summed E-state index contributed by atoms with van der Waals surface area (Å²) in [6.07, 6.45) is 9.82. The summed E-state index contributed by atoms with van der Waals surface area (Å²) >= 11 is 0. The number of allylic oxidation sites excluding steroid dienone is 5. The fourth-order valence-electron chi connectivity index (χ4n) is 1.37. The Bertz CT molecular complexity index is 470. The van der Waals surface area contributed by atoms with Crippen LogP contribution in [-0.4, -0.2) is 6.61 Å². The first-order valence-corrected chi connectivity index (χ1v) is 6.33. The van der Waals surface area contributed by atoms with Crippen molar-refractivity contribution in [2.24, 2.45) is 0 Å². The van der Waals surface area contributed by atoms with Crippen LogP contribution < -0.4 is 9.47 Å². The average Bonchev–Trinajstić information content (AvgIpc) is 2.45. The van der Waals surface area contributed by atoms with E-state index in [4.69, 9.17) is 9.47 Å². The molecule has 0 aliphatic heterocycles. The number of hydrogen-bond acceptors (Lipinski definition) is 2. The highest BCUT2D eigenvalue weighted by atomic mass is 16.5. The van der Waals surface area contributed by atoms with E-state index in [-0.39, 0.29) is 0 Å². The molecule has 0 fully saturated rings. The molecule has 0 aliphatic rings. The van der Waals surface area contributed by atoms with Crippen LogP contribution in [0.15, 0.2) is 73.6 Å². The van der Waals surface area contributed by atoms with Crippen molar-refractivity contribution in [1.29, 1.82) is 0 Å². The van der Waals surface area contributed by atoms with Crippen LogP contribution in [0.3, 0.4) is 0 Å². The fourth-order valence-corrected chi connectivity index (χ4v) is 1.37. The van der Waals surface area contributed by atoms with Gasteiger partial charge in [-0.2, -0.15) is 0 Å². The van der Waals surface area contributed by atoms with Crippen LogP contribution >= 0.6 is 0 Å². The van der Waals surface area contributed by atoms with E-state index in [1.807, 2.05) is 42.5 Å². The van der Waals surface area contributed by atoms with Crippen LogP contribution in [0.2, 0.25) is 0 Å². The summed E-state index contributed by atoms with van der Waals surface area (Å²) in [4.78, 5) is 0. The SMILES string of the molecule is C=CC=CC=C(C=C)Oc1ccccc1OCCC. The zero-order valence-electron chi connectivity index (χ0n) is 11.3. The predicted molar refractivity (Wildman–Crippen MR) is 80.5 cm³/mol. The highest BCUT2D eigenvalue weighted by molar-refractivity contribution is 5.41. The minimum Gasteiger partial charge on any atom is -0.490 e. The van der Waals surface area contributed by atoms with Gasteiger partial charge in [0.2, 0.25) is 0 Å². The summed E-state index contributed by atoms with van der Waals surface area (Å²) in [5, 5.41) is 0. The van der Waals surface area contributed by atoms with E-state index >= 15 is 0 Å². The molecule has 0 saturated heterocycles. The first kappa shape index (κ1) is 14.8. The largest absolute Gasteiger partial charge is 0.490 e. The van der Waals surface area contributed by atoms with E-state index < -0.39 is 0 Å². The zero-order chi connectivity index (χ0) is 13.9. The summed E-state index contributed by atoms with van der Waals surface area (Å²) in [6.45, 7) is 10.1. The molecule has 0 unspecified atom stereocenters. The van der Waals surface area contributed by atoms with Gasteiger partial charge in [-0.05, 0) is 30.7 Å². The van der Waals surface area contributed by atoms with E-state index in [2.05, 4.69) is 20.1 Å². The maximum Gasteiger partial charge on any atom is 0.169 e. The van der Waals surface area contributed by atoms with Gasteiger partial charge in [-0.15, -0.1) is 0 Å². The Morgan fingerprint density at radius 3 is 2.53 bits per heavy atom. The van der Waals surface area contributed by atoms with Crippen LogP contribution in [0.25, 0.3) is 0 Å². The Hall–Kier alpha value is -2.22. The molecular weight excluding hydrogens is 236 g/mol. The summed E-state index contributed by atoms with van der Waals surface area (Å²) in [7, 11) is 0. The summed E-state index contributed by atoms with van der Waals surface area (Å²) < 4.78 is 11.4. The van der Waals surface area contributed by atoms with Gasteiger partial charge in [0, 0.05) is 0 Å². The molecule has 0 bridgehead atoms. The second-order valence-corrected chi connectivity index (χ2v) is 3.79. The molecule has 0 saturated carbocycles. The van der Waals surface area contributed by atoms with Crippen molar-refractivity contribution in [3.05, 3.63) is 73.6 Å². The third-order valence-corrected chi connectivity index (χ3v) is 2.25. The van der Waals surface area contributed by atoms with Crippen molar-refractivity contribution < 1.29 is 9.47 Å². The number of benzene rings is 1. The molecule has 1 aromatic carbocycles. The van der Waals surface area contributed by atoms with Gasteiger partial charge < -0.3 is 9.47 Å². The van der Waals surface area contributed by atoms with Crippen molar-refractivity contribution >= 4 is 0 Å². The normalized spacial score (nSPS) is 11.3. The first-order chi connectivity index (χ1) is 9.31. The topological polar surface area (TPSA) is 18.5 Å². The van der Waals surface area contributed by atoms with Crippen LogP contribution in [0.1, 0.15) is 13.3 Å². The molecule has 1 rings (SSSR count). The molecule has 19 heavy (non-hydrogen) atoms. The lowest BCUT2D eigenvalue weighted by Crippen LogP contribution is -1.99. The second-order valence-electron chi connectivity index (χ2n) is 3.79. The van der Waals surface area contributed by atoms with Crippen LogP contribution in [0.4, 0.5) is 0 Å². The monoisotopic (exact) mass is 256 g/mol. The smallest absolute Gasteiger partial charge is 0.169 e. The van der Waals surface area contributed by atoms with Gasteiger partial charge in [-0.1, -0.05) is 50.4 Å². The number of rotatable bonds is 8. The van der Waals surface area contributed by atoms with Crippen LogP contribution in [-0.2, 0) is 0 Å². The van der Waals surface area contributed by atoms with Crippen LogP contribution in [0, 0.1) is 0 Å². The van der Waals surface area contributed by atoms with E-state index in [0.29, 0.717) is 18.1 Å². The molecule has 0 heterocycles. The standard InChI is InChI=1S/C17H20O2/c1-4-7-8-11-15(6-3)19-17-13-10-9-12-16(17)18-14-5-2/h4,6-13H,1,3,5,14H2,2H3. The van der Waals surface area contributed by atoms with Gasteiger partial charge in [-0.3, -0.25) is 0 Å². The fraction of sp³-hybridized carbons (Fsp3) is 0.176. The third kappa shape index (κ3) is 5.30. The summed E-state index contributed by atoms with van der Waals surface area (Å²) in [6, 6.07) is 7.60. The number of hydrogen-bond donors (Lipinski definition) is 0. The molecule has 0 atom stereocenters. The maximum atomic E-state index is 5.77. The highest BCUT2D eigenvalue weighted by Crippen LogP contribution is 2.28. The minimum absolute atomic E-state index is 0.658. The van der Waals surface area contributed by atoms with Crippen molar-refractivity contribution in [2.75, 3.05) is 6.61 Å². The third-order valence-electron chi connectivity index (χ3n) is 2.25. The predicted octanol–water partition coefficient (Wildman–Crippen LogP) is 4.67. The minimum atomic E-state index is 0.658. The van der Waals surface area contributed by atoms with Gasteiger partial charge in [0.15, 0.2) is 11.5 Å². The molecule has 0 amide bonds.